The van der Waals surface area contributed by atoms with Crippen molar-refractivity contribution >= 4 is 12.4 Å². The maximum Gasteiger partial charge on any atom is 0.417 e. The van der Waals surface area contributed by atoms with Crippen molar-refractivity contribution in [2.75, 3.05) is 0 Å². The summed E-state index contributed by atoms with van der Waals surface area (Å²) in [6.45, 7) is 0. The number of hydrogen-bond donors (Lipinski definition) is 2. The van der Waals surface area contributed by atoms with Crippen LogP contribution < -0.4 is 5.73 Å². The number of hydrogen-bond acceptors (Lipinski definition) is 2. The van der Waals surface area contributed by atoms with Gasteiger partial charge in [0.05, 0.1) is 0 Å². The van der Waals surface area contributed by atoms with Gasteiger partial charge in [-0.1, -0.05) is 0 Å². The molecule has 0 bridgehead atoms. The van der Waals surface area contributed by atoms with Crippen molar-refractivity contribution in [1.29, 1.82) is 0 Å². The predicted molar refractivity (Wildman–Crippen MR) is 35.5 cm³/mol. The fourth-order valence-corrected chi connectivity index (χ4v) is 1.04. The molecule has 0 aromatic rings. The van der Waals surface area contributed by atoms with E-state index in [2.05, 4.69) is 0 Å². The highest BCUT2D eigenvalue weighted by Gasteiger charge is 2.60. The normalized spacial score (nSPS) is 37.4. The third-order valence-electron chi connectivity index (χ3n) is 1.73. The van der Waals surface area contributed by atoms with Gasteiger partial charge in [0.15, 0.2) is 5.60 Å². The third kappa shape index (κ3) is 1.77. The maximum absolute atomic E-state index is 11.8. The number of alkyl halides is 3. The van der Waals surface area contributed by atoms with Crippen LogP contribution in [0.25, 0.3) is 0 Å². The molecule has 3 N–H and O–H groups in total. The summed E-state index contributed by atoms with van der Waals surface area (Å²) >= 11 is 0. The fraction of sp³-hybridized carbons (Fsp3) is 1.00. The number of nitrogens with two attached hydrogens (primary N) is 1. The molecule has 0 aromatic heterocycles. The maximum atomic E-state index is 11.8. The lowest BCUT2D eigenvalue weighted by Crippen LogP contribution is -2.60. The molecule has 0 atom stereocenters. The van der Waals surface area contributed by atoms with E-state index < -0.39 is 17.8 Å². The van der Waals surface area contributed by atoms with Gasteiger partial charge in [0.1, 0.15) is 0 Å². The van der Waals surface area contributed by atoms with E-state index in [-0.39, 0.29) is 25.2 Å². The Balaban J connectivity index is 0.000001000. The highest BCUT2D eigenvalue weighted by atomic mass is 35.5. The smallest absolute Gasteiger partial charge is 0.380 e. The summed E-state index contributed by atoms with van der Waals surface area (Å²) in [4.78, 5) is 0. The Morgan fingerprint density at radius 3 is 1.82 bits per heavy atom. The Labute approximate surface area is 68.0 Å². The molecule has 1 fully saturated rings. The average molecular weight is 192 g/mol. The van der Waals surface area contributed by atoms with Crippen LogP contribution in [0.15, 0.2) is 0 Å². The molecule has 6 heteroatoms. The van der Waals surface area contributed by atoms with Gasteiger partial charge in [-0.25, -0.2) is 0 Å². The van der Waals surface area contributed by atoms with Crippen LogP contribution in [0.4, 0.5) is 13.2 Å². The van der Waals surface area contributed by atoms with E-state index in [9.17, 15) is 13.2 Å². The molecule has 1 rings (SSSR count). The molecular formula is C5H9ClF3NO. The van der Waals surface area contributed by atoms with Crippen LogP contribution in [-0.4, -0.2) is 22.9 Å². The molecule has 0 radical (unpaired) electrons. The zero-order valence-corrected chi connectivity index (χ0v) is 6.37. The van der Waals surface area contributed by atoms with Crippen molar-refractivity contribution in [2.45, 2.75) is 30.7 Å². The molecule has 1 aliphatic rings. The summed E-state index contributed by atoms with van der Waals surface area (Å²) in [5.74, 6) is 0. The van der Waals surface area contributed by atoms with Crippen molar-refractivity contribution in [3.8, 4) is 0 Å². The van der Waals surface area contributed by atoms with Gasteiger partial charge in [0, 0.05) is 18.9 Å². The molecule has 68 valence electrons. The van der Waals surface area contributed by atoms with Gasteiger partial charge in [-0.2, -0.15) is 13.2 Å². The van der Waals surface area contributed by atoms with Gasteiger partial charge in [-0.05, 0) is 0 Å². The van der Waals surface area contributed by atoms with Gasteiger partial charge < -0.3 is 10.8 Å². The summed E-state index contributed by atoms with van der Waals surface area (Å²) in [7, 11) is 0. The Morgan fingerprint density at radius 1 is 1.36 bits per heavy atom. The van der Waals surface area contributed by atoms with Crippen molar-refractivity contribution < 1.29 is 18.3 Å². The lowest BCUT2D eigenvalue weighted by molar-refractivity contribution is -0.289. The second kappa shape index (κ2) is 2.80. The van der Waals surface area contributed by atoms with Crippen molar-refractivity contribution in [1.82, 2.24) is 0 Å². The Kier molecular flexibility index (Phi) is 2.80. The molecule has 11 heavy (non-hydrogen) atoms. The molecule has 1 saturated carbocycles. The van der Waals surface area contributed by atoms with Crippen LogP contribution in [-0.2, 0) is 0 Å². The highest BCUT2D eigenvalue weighted by Crippen LogP contribution is 2.44. The molecule has 0 spiro atoms. The molecule has 1 aliphatic carbocycles. The zero-order valence-electron chi connectivity index (χ0n) is 5.56. The van der Waals surface area contributed by atoms with Crippen LogP contribution in [0.2, 0.25) is 0 Å². The summed E-state index contributed by atoms with van der Waals surface area (Å²) in [6, 6.07) is -0.494. The SMILES string of the molecule is Cl.NC1CC(O)(C(F)(F)F)C1. The van der Waals surface area contributed by atoms with Crippen LogP contribution >= 0.6 is 12.4 Å². The third-order valence-corrected chi connectivity index (χ3v) is 1.73. The predicted octanol–water partition coefficient (Wildman–Crippen LogP) is 0.823. The van der Waals surface area contributed by atoms with Gasteiger partial charge in [-0.3, -0.25) is 0 Å². The van der Waals surface area contributed by atoms with E-state index >= 15 is 0 Å². The van der Waals surface area contributed by atoms with Crippen LogP contribution in [0.5, 0.6) is 0 Å². The van der Waals surface area contributed by atoms with E-state index in [0.29, 0.717) is 0 Å². The molecule has 0 unspecified atom stereocenters. The molecule has 0 amide bonds. The van der Waals surface area contributed by atoms with Crippen molar-refractivity contribution in [2.24, 2.45) is 5.73 Å². The number of rotatable bonds is 0. The summed E-state index contributed by atoms with van der Waals surface area (Å²) in [5, 5.41) is 8.71. The minimum Gasteiger partial charge on any atom is -0.380 e. The lowest BCUT2D eigenvalue weighted by Gasteiger charge is -2.42. The van der Waals surface area contributed by atoms with Crippen molar-refractivity contribution in [3.63, 3.8) is 0 Å². The standard InChI is InChI=1S/C5H8F3NO.ClH/c6-5(7,8)4(10)1-3(9)2-4;/h3,10H,1-2,9H2;1H. The van der Waals surface area contributed by atoms with E-state index in [0.717, 1.165) is 0 Å². The summed E-state index contributed by atoms with van der Waals surface area (Å²) < 4.78 is 35.3. The van der Waals surface area contributed by atoms with Crippen molar-refractivity contribution in [3.05, 3.63) is 0 Å². The van der Waals surface area contributed by atoms with E-state index in [1.807, 2.05) is 0 Å². The van der Waals surface area contributed by atoms with E-state index in [1.165, 1.54) is 0 Å². The second-order valence-corrected chi connectivity index (χ2v) is 2.70. The molecule has 0 aromatic carbocycles. The Hall–Kier alpha value is -0.0000000000000000555. The minimum atomic E-state index is -4.51. The average Bonchev–Trinajstić information content (AvgIpc) is 1.58. The topological polar surface area (TPSA) is 46.2 Å². The van der Waals surface area contributed by atoms with E-state index in [4.69, 9.17) is 10.8 Å². The Morgan fingerprint density at radius 2 is 1.73 bits per heavy atom. The summed E-state index contributed by atoms with van der Waals surface area (Å²) in [6.07, 6.45) is -5.24. The first kappa shape index (κ1) is 11.0. The first-order valence-electron chi connectivity index (χ1n) is 2.90. The lowest BCUT2D eigenvalue weighted by atomic mass is 9.76. The zero-order chi connectivity index (χ0) is 7.99. The summed E-state index contributed by atoms with van der Waals surface area (Å²) in [5.41, 5.74) is 2.60. The first-order chi connectivity index (χ1) is 4.35. The quantitative estimate of drug-likeness (QED) is 0.596. The second-order valence-electron chi connectivity index (χ2n) is 2.70. The fourth-order valence-electron chi connectivity index (χ4n) is 1.04. The van der Waals surface area contributed by atoms with E-state index in [1.54, 1.807) is 0 Å². The first-order valence-corrected chi connectivity index (χ1v) is 2.90. The van der Waals surface area contributed by atoms with Crippen LogP contribution in [0.3, 0.4) is 0 Å². The highest BCUT2D eigenvalue weighted by molar-refractivity contribution is 5.85. The van der Waals surface area contributed by atoms with Crippen LogP contribution in [0.1, 0.15) is 12.8 Å². The number of aliphatic hydroxyl groups is 1. The molecule has 0 heterocycles. The minimum absolute atomic E-state index is 0. The largest absolute Gasteiger partial charge is 0.417 e. The van der Waals surface area contributed by atoms with Gasteiger partial charge in [0.2, 0.25) is 0 Å². The number of halogens is 4. The Bertz CT molecular complexity index is 143. The molecule has 0 aliphatic heterocycles. The monoisotopic (exact) mass is 191 g/mol. The molecular weight excluding hydrogens is 183 g/mol. The van der Waals surface area contributed by atoms with Gasteiger partial charge >= 0.3 is 6.18 Å². The van der Waals surface area contributed by atoms with Crippen LogP contribution in [0, 0.1) is 0 Å². The molecule has 2 nitrogen and oxygen atoms in total. The van der Waals surface area contributed by atoms with Gasteiger partial charge in [-0.15, -0.1) is 12.4 Å². The van der Waals surface area contributed by atoms with Gasteiger partial charge in [0.25, 0.3) is 0 Å². The molecule has 0 saturated heterocycles.